The van der Waals surface area contributed by atoms with Gasteiger partial charge < -0.3 is 19.7 Å². The highest BCUT2D eigenvalue weighted by atomic mass is 19.1. The third kappa shape index (κ3) is 4.01. The number of carbonyl (C=O) groups is 1. The van der Waals surface area contributed by atoms with Gasteiger partial charge in [0.1, 0.15) is 11.6 Å². The van der Waals surface area contributed by atoms with Gasteiger partial charge in [-0.15, -0.1) is 0 Å². The van der Waals surface area contributed by atoms with Crippen LogP contribution in [-0.4, -0.2) is 36.2 Å². The maximum atomic E-state index is 13.0. The van der Waals surface area contributed by atoms with E-state index in [4.69, 9.17) is 9.84 Å². The second-order valence-electron chi connectivity index (χ2n) is 3.36. The summed E-state index contributed by atoms with van der Waals surface area (Å²) >= 11 is 0. The third-order valence-corrected chi connectivity index (χ3v) is 2.06. The zero-order valence-corrected chi connectivity index (χ0v) is 9.22. The summed E-state index contributed by atoms with van der Waals surface area (Å²) in [6.45, 7) is -0.0837. The van der Waals surface area contributed by atoms with Crippen LogP contribution < -0.4 is 4.74 Å². The lowest BCUT2D eigenvalue weighted by molar-refractivity contribution is -0.146. The van der Waals surface area contributed by atoms with Crippen molar-refractivity contribution in [1.82, 2.24) is 0 Å². The Morgan fingerprint density at radius 1 is 1.53 bits per heavy atom. The molecule has 1 unspecified atom stereocenters. The standard InChI is InChI=1S/C11H13FO5/c1-16-6-17-10-5-8(12)3-2-7(10)4-9(13)11(14)15/h2-3,5,9,13H,4,6H2,1H3,(H,14,15). The summed E-state index contributed by atoms with van der Waals surface area (Å²) in [7, 11) is 1.41. The topological polar surface area (TPSA) is 76.0 Å². The van der Waals surface area contributed by atoms with Crippen LogP contribution in [0.4, 0.5) is 4.39 Å². The van der Waals surface area contributed by atoms with E-state index < -0.39 is 17.9 Å². The van der Waals surface area contributed by atoms with Crippen LogP contribution in [0.25, 0.3) is 0 Å². The predicted octanol–water partition coefficient (Wildman–Crippen LogP) is 0.796. The van der Waals surface area contributed by atoms with Gasteiger partial charge in [0, 0.05) is 19.6 Å². The summed E-state index contributed by atoms with van der Waals surface area (Å²) in [5, 5.41) is 17.8. The molecular formula is C11H13FO5. The van der Waals surface area contributed by atoms with E-state index in [1.165, 1.54) is 19.2 Å². The largest absolute Gasteiger partial charge is 0.479 e. The Hall–Kier alpha value is -1.66. The molecule has 0 aliphatic carbocycles. The fourth-order valence-corrected chi connectivity index (χ4v) is 1.25. The second kappa shape index (κ2) is 6.17. The van der Waals surface area contributed by atoms with E-state index in [1.807, 2.05) is 0 Å². The molecule has 1 aromatic rings. The molecule has 0 spiro atoms. The highest BCUT2D eigenvalue weighted by molar-refractivity contribution is 5.72. The molecule has 1 rings (SSSR count). The Balaban J connectivity index is 2.85. The molecule has 0 aliphatic heterocycles. The molecule has 94 valence electrons. The van der Waals surface area contributed by atoms with E-state index in [0.29, 0.717) is 5.56 Å². The minimum absolute atomic E-state index is 0.0837. The van der Waals surface area contributed by atoms with Crippen molar-refractivity contribution in [3.8, 4) is 5.75 Å². The normalized spacial score (nSPS) is 12.2. The molecule has 0 aromatic heterocycles. The minimum Gasteiger partial charge on any atom is -0.479 e. The molecule has 5 nitrogen and oxygen atoms in total. The molecule has 0 bridgehead atoms. The molecule has 0 heterocycles. The molecule has 2 N–H and O–H groups in total. The van der Waals surface area contributed by atoms with Gasteiger partial charge in [-0.3, -0.25) is 0 Å². The maximum absolute atomic E-state index is 13.0. The fourth-order valence-electron chi connectivity index (χ4n) is 1.25. The van der Waals surface area contributed by atoms with Crippen LogP contribution in [0.3, 0.4) is 0 Å². The van der Waals surface area contributed by atoms with E-state index in [-0.39, 0.29) is 19.0 Å². The molecule has 0 saturated heterocycles. The third-order valence-electron chi connectivity index (χ3n) is 2.06. The number of hydrogen-bond acceptors (Lipinski definition) is 4. The molecule has 1 aromatic carbocycles. The van der Waals surface area contributed by atoms with Crippen LogP contribution >= 0.6 is 0 Å². The Morgan fingerprint density at radius 2 is 2.24 bits per heavy atom. The lowest BCUT2D eigenvalue weighted by Crippen LogP contribution is -2.22. The highest BCUT2D eigenvalue weighted by Gasteiger charge is 2.17. The Labute approximate surface area is 97.4 Å². The van der Waals surface area contributed by atoms with Crippen molar-refractivity contribution in [2.75, 3.05) is 13.9 Å². The first-order valence-electron chi connectivity index (χ1n) is 4.85. The molecule has 0 amide bonds. The van der Waals surface area contributed by atoms with Gasteiger partial charge in [-0.1, -0.05) is 6.07 Å². The molecule has 0 fully saturated rings. The fraction of sp³-hybridized carbons (Fsp3) is 0.364. The quantitative estimate of drug-likeness (QED) is 0.724. The monoisotopic (exact) mass is 244 g/mol. The summed E-state index contributed by atoms with van der Waals surface area (Å²) in [5.41, 5.74) is 0.401. The van der Waals surface area contributed by atoms with Crippen LogP contribution in [0.2, 0.25) is 0 Å². The number of rotatable bonds is 6. The molecule has 1 atom stereocenters. The maximum Gasteiger partial charge on any atom is 0.332 e. The van der Waals surface area contributed by atoms with Gasteiger partial charge in [0.25, 0.3) is 0 Å². The number of benzene rings is 1. The van der Waals surface area contributed by atoms with Gasteiger partial charge in [0.05, 0.1) is 0 Å². The first-order valence-corrected chi connectivity index (χ1v) is 4.85. The van der Waals surface area contributed by atoms with Crippen molar-refractivity contribution in [3.05, 3.63) is 29.6 Å². The number of carboxylic acids is 1. The molecule has 0 aliphatic rings. The van der Waals surface area contributed by atoms with Crippen LogP contribution in [0.5, 0.6) is 5.75 Å². The zero-order valence-electron chi connectivity index (χ0n) is 9.22. The van der Waals surface area contributed by atoms with Crippen molar-refractivity contribution in [1.29, 1.82) is 0 Å². The van der Waals surface area contributed by atoms with Gasteiger partial charge in [0.15, 0.2) is 12.9 Å². The number of hydrogen-bond donors (Lipinski definition) is 2. The average molecular weight is 244 g/mol. The van der Waals surface area contributed by atoms with E-state index in [9.17, 15) is 14.3 Å². The SMILES string of the molecule is COCOc1cc(F)ccc1CC(O)C(=O)O. The van der Waals surface area contributed by atoms with Crippen LogP contribution in [0.15, 0.2) is 18.2 Å². The second-order valence-corrected chi connectivity index (χ2v) is 3.36. The zero-order chi connectivity index (χ0) is 12.8. The van der Waals surface area contributed by atoms with E-state index in [0.717, 1.165) is 6.07 Å². The van der Waals surface area contributed by atoms with Crippen LogP contribution in [-0.2, 0) is 16.0 Å². The first-order chi connectivity index (χ1) is 8.04. The highest BCUT2D eigenvalue weighted by Crippen LogP contribution is 2.21. The van der Waals surface area contributed by atoms with Gasteiger partial charge in [-0.05, 0) is 11.6 Å². The van der Waals surface area contributed by atoms with Crippen LogP contribution in [0, 0.1) is 5.82 Å². The number of aliphatic carboxylic acids is 1. The molecule has 6 heteroatoms. The van der Waals surface area contributed by atoms with Crippen molar-refractivity contribution in [2.24, 2.45) is 0 Å². The lowest BCUT2D eigenvalue weighted by atomic mass is 10.1. The molecular weight excluding hydrogens is 231 g/mol. The molecule has 0 saturated carbocycles. The van der Waals surface area contributed by atoms with Crippen molar-refractivity contribution in [2.45, 2.75) is 12.5 Å². The van der Waals surface area contributed by atoms with Crippen molar-refractivity contribution >= 4 is 5.97 Å². The van der Waals surface area contributed by atoms with E-state index >= 15 is 0 Å². The molecule has 17 heavy (non-hydrogen) atoms. The predicted molar refractivity (Wildman–Crippen MR) is 56.3 cm³/mol. The van der Waals surface area contributed by atoms with Crippen LogP contribution in [0.1, 0.15) is 5.56 Å². The summed E-state index contributed by atoms with van der Waals surface area (Å²) in [6, 6.07) is 3.65. The summed E-state index contributed by atoms with van der Waals surface area (Å²) in [6.07, 6.45) is -1.71. The van der Waals surface area contributed by atoms with Gasteiger partial charge in [-0.25, -0.2) is 9.18 Å². The Kier molecular flexibility index (Phi) is 4.86. The number of aliphatic hydroxyl groups excluding tert-OH is 1. The first kappa shape index (κ1) is 13.4. The van der Waals surface area contributed by atoms with Gasteiger partial charge in [0.2, 0.25) is 0 Å². The van der Waals surface area contributed by atoms with Crippen molar-refractivity contribution < 1.29 is 28.9 Å². The number of halogens is 1. The van der Waals surface area contributed by atoms with Gasteiger partial charge >= 0.3 is 5.97 Å². The number of methoxy groups -OCH3 is 1. The molecule has 0 radical (unpaired) electrons. The number of carboxylic acid groups (broad SMARTS) is 1. The lowest BCUT2D eigenvalue weighted by Gasteiger charge is -2.12. The van der Waals surface area contributed by atoms with Crippen molar-refractivity contribution in [3.63, 3.8) is 0 Å². The van der Waals surface area contributed by atoms with E-state index in [2.05, 4.69) is 4.74 Å². The van der Waals surface area contributed by atoms with E-state index in [1.54, 1.807) is 0 Å². The summed E-state index contributed by atoms with van der Waals surface area (Å²) in [5.74, 6) is -1.69. The Morgan fingerprint density at radius 3 is 2.82 bits per heavy atom. The Bertz CT molecular complexity index is 393. The number of aliphatic hydroxyl groups is 1. The average Bonchev–Trinajstić information content (AvgIpc) is 2.29. The minimum atomic E-state index is -1.55. The summed E-state index contributed by atoms with van der Waals surface area (Å²) < 4.78 is 22.7. The van der Waals surface area contributed by atoms with Gasteiger partial charge in [-0.2, -0.15) is 0 Å². The smallest absolute Gasteiger partial charge is 0.332 e. The number of ether oxygens (including phenoxy) is 2. The summed E-state index contributed by atoms with van der Waals surface area (Å²) in [4.78, 5) is 10.5.